The van der Waals surface area contributed by atoms with Crippen molar-refractivity contribution < 1.29 is 14.7 Å². The standard InChI is InChI=1S/C13H17BrN2O3/c1-3-6-15-12(18)8-16(2)13(19)9-4-5-10(14)11(17)7-9/h4-5,7,17H,3,6,8H2,1-2H3,(H,15,18). The van der Waals surface area contributed by atoms with E-state index >= 15 is 0 Å². The molecule has 0 radical (unpaired) electrons. The Labute approximate surface area is 120 Å². The highest BCUT2D eigenvalue weighted by atomic mass is 79.9. The molecule has 0 aliphatic rings. The van der Waals surface area contributed by atoms with Crippen molar-refractivity contribution in [2.45, 2.75) is 13.3 Å². The third-order valence-corrected chi connectivity index (χ3v) is 3.16. The van der Waals surface area contributed by atoms with Crippen molar-refractivity contribution in [2.75, 3.05) is 20.1 Å². The van der Waals surface area contributed by atoms with Crippen molar-refractivity contribution >= 4 is 27.7 Å². The molecule has 19 heavy (non-hydrogen) atoms. The van der Waals surface area contributed by atoms with Crippen LogP contribution in [0, 0.1) is 0 Å². The van der Waals surface area contributed by atoms with Gasteiger partial charge in [0.1, 0.15) is 5.75 Å². The normalized spacial score (nSPS) is 10.1. The number of nitrogens with one attached hydrogen (secondary N) is 1. The minimum absolute atomic E-state index is 0.00431. The summed E-state index contributed by atoms with van der Waals surface area (Å²) in [7, 11) is 1.55. The average Bonchev–Trinajstić information content (AvgIpc) is 2.38. The first-order chi connectivity index (χ1) is 8.95. The van der Waals surface area contributed by atoms with Gasteiger partial charge in [0.2, 0.25) is 5.91 Å². The molecule has 2 N–H and O–H groups in total. The maximum absolute atomic E-state index is 12.0. The SMILES string of the molecule is CCCNC(=O)CN(C)C(=O)c1ccc(Br)c(O)c1. The van der Waals surface area contributed by atoms with Gasteiger partial charge in [0.25, 0.3) is 5.91 Å². The smallest absolute Gasteiger partial charge is 0.254 e. The quantitative estimate of drug-likeness (QED) is 0.865. The minimum Gasteiger partial charge on any atom is -0.507 e. The van der Waals surface area contributed by atoms with Gasteiger partial charge in [-0.15, -0.1) is 0 Å². The number of likely N-dealkylation sites (N-methyl/N-ethyl adjacent to an activating group) is 1. The molecule has 2 amide bonds. The van der Waals surface area contributed by atoms with Crippen molar-refractivity contribution in [2.24, 2.45) is 0 Å². The first kappa shape index (κ1) is 15.5. The molecule has 5 nitrogen and oxygen atoms in total. The second kappa shape index (κ2) is 7.13. The van der Waals surface area contributed by atoms with E-state index in [-0.39, 0.29) is 24.1 Å². The number of carbonyl (C=O) groups excluding carboxylic acids is 2. The minimum atomic E-state index is -0.311. The van der Waals surface area contributed by atoms with Gasteiger partial charge >= 0.3 is 0 Å². The molecule has 0 fully saturated rings. The van der Waals surface area contributed by atoms with E-state index in [1.165, 1.54) is 11.0 Å². The summed E-state index contributed by atoms with van der Waals surface area (Å²) in [5.41, 5.74) is 0.339. The van der Waals surface area contributed by atoms with Gasteiger partial charge in [-0.2, -0.15) is 0 Å². The van der Waals surface area contributed by atoms with E-state index in [1.54, 1.807) is 19.2 Å². The molecule has 0 unspecified atom stereocenters. The van der Waals surface area contributed by atoms with E-state index in [4.69, 9.17) is 0 Å². The first-order valence-electron chi connectivity index (χ1n) is 5.96. The Morgan fingerprint density at radius 3 is 2.68 bits per heavy atom. The van der Waals surface area contributed by atoms with E-state index < -0.39 is 0 Å². The second-order valence-corrected chi connectivity index (χ2v) is 5.03. The number of halogens is 1. The van der Waals surface area contributed by atoms with Crippen LogP contribution in [-0.2, 0) is 4.79 Å². The number of rotatable bonds is 5. The van der Waals surface area contributed by atoms with Crippen LogP contribution in [0.15, 0.2) is 22.7 Å². The number of benzene rings is 1. The summed E-state index contributed by atoms with van der Waals surface area (Å²) >= 11 is 3.15. The fraction of sp³-hybridized carbons (Fsp3) is 0.385. The molecule has 0 aliphatic carbocycles. The van der Waals surface area contributed by atoms with Gasteiger partial charge in [-0.05, 0) is 40.5 Å². The molecule has 0 aliphatic heterocycles. The van der Waals surface area contributed by atoms with Gasteiger partial charge in [0.15, 0.2) is 0 Å². The lowest BCUT2D eigenvalue weighted by atomic mass is 10.2. The topological polar surface area (TPSA) is 69.6 Å². The lowest BCUT2D eigenvalue weighted by Crippen LogP contribution is -2.38. The predicted octanol–water partition coefficient (Wildman–Crippen LogP) is 1.75. The number of amides is 2. The molecular weight excluding hydrogens is 312 g/mol. The van der Waals surface area contributed by atoms with Gasteiger partial charge in [0, 0.05) is 19.2 Å². The Morgan fingerprint density at radius 1 is 1.42 bits per heavy atom. The van der Waals surface area contributed by atoms with Crippen molar-refractivity contribution in [3.8, 4) is 5.75 Å². The summed E-state index contributed by atoms with van der Waals surface area (Å²) in [5.74, 6) is -0.511. The van der Waals surface area contributed by atoms with Crippen LogP contribution in [0.25, 0.3) is 0 Å². The van der Waals surface area contributed by atoms with E-state index in [0.717, 1.165) is 6.42 Å². The molecule has 0 atom stereocenters. The van der Waals surface area contributed by atoms with E-state index in [1.807, 2.05) is 6.92 Å². The molecule has 0 bridgehead atoms. The molecule has 104 valence electrons. The number of phenolic OH excluding ortho intramolecular Hbond substituents is 1. The van der Waals surface area contributed by atoms with Gasteiger partial charge in [-0.25, -0.2) is 0 Å². The largest absolute Gasteiger partial charge is 0.507 e. The van der Waals surface area contributed by atoms with Crippen LogP contribution in [0.3, 0.4) is 0 Å². The monoisotopic (exact) mass is 328 g/mol. The zero-order chi connectivity index (χ0) is 14.4. The first-order valence-corrected chi connectivity index (χ1v) is 6.75. The molecule has 1 rings (SSSR count). The summed E-state index contributed by atoms with van der Waals surface area (Å²) in [5, 5.41) is 12.2. The lowest BCUT2D eigenvalue weighted by molar-refractivity contribution is -0.121. The molecule has 0 aromatic heterocycles. The van der Waals surface area contributed by atoms with E-state index in [9.17, 15) is 14.7 Å². The molecule has 1 aromatic rings. The van der Waals surface area contributed by atoms with Crippen molar-refractivity contribution in [1.82, 2.24) is 10.2 Å². The summed E-state index contributed by atoms with van der Waals surface area (Å²) in [6.45, 7) is 2.55. The zero-order valence-electron chi connectivity index (χ0n) is 10.9. The second-order valence-electron chi connectivity index (χ2n) is 4.18. The highest BCUT2D eigenvalue weighted by Crippen LogP contribution is 2.24. The Balaban J connectivity index is 2.66. The molecule has 0 spiro atoms. The lowest BCUT2D eigenvalue weighted by Gasteiger charge is -2.17. The Morgan fingerprint density at radius 2 is 2.11 bits per heavy atom. The highest BCUT2D eigenvalue weighted by Gasteiger charge is 2.15. The number of aromatic hydroxyl groups is 1. The third-order valence-electron chi connectivity index (χ3n) is 2.49. The fourth-order valence-corrected chi connectivity index (χ4v) is 1.72. The Kier molecular flexibility index (Phi) is 5.82. The fourth-order valence-electron chi connectivity index (χ4n) is 1.47. The van der Waals surface area contributed by atoms with Crippen molar-refractivity contribution in [3.63, 3.8) is 0 Å². The molecule has 1 aromatic carbocycles. The summed E-state index contributed by atoms with van der Waals surface area (Å²) in [4.78, 5) is 24.9. The third kappa shape index (κ3) is 4.55. The Bertz CT molecular complexity index is 477. The molecule has 0 heterocycles. The van der Waals surface area contributed by atoms with Crippen LogP contribution < -0.4 is 5.32 Å². The maximum atomic E-state index is 12.0. The number of hydrogen-bond acceptors (Lipinski definition) is 3. The number of phenols is 1. The molecule has 6 heteroatoms. The summed E-state index contributed by atoms with van der Waals surface area (Å²) < 4.78 is 0.521. The van der Waals surface area contributed by atoms with Crippen LogP contribution in [0.4, 0.5) is 0 Å². The number of nitrogens with zero attached hydrogens (tertiary/aromatic N) is 1. The van der Waals surface area contributed by atoms with Gasteiger partial charge in [-0.3, -0.25) is 9.59 Å². The molecule has 0 saturated carbocycles. The van der Waals surface area contributed by atoms with Crippen LogP contribution in [0.5, 0.6) is 5.75 Å². The van der Waals surface area contributed by atoms with E-state index in [0.29, 0.717) is 16.6 Å². The maximum Gasteiger partial charge on any atom is 0.254 e. The molecular formula is C13H17BrN2O3. The van der Waals surface area contributed by atoms with Crippen LogP contribution >= 0.6 is 15.9 Å². The van der Waals surface area contributed by atoms with Crippen LogP contribution in [-0.4, -0.2) is 42.0 Å². The van der Waals surface area contributed by atoms with Crippen LogP contribution in [0.2, 0.25) is 0 Å². The Hall–Kier alpha value is -1.56. The van der Waals surface area contributed by atoms with Gasteiger partial charge in [0.05, 0.1) is 11.0 Å². The summed E-state index contributed by atoms with van der Waals surface area (Å²) in [6, 6.07) is 4.55. The van der Waals surface area contributed by atoms with Gasteiger partial charge in [-0.1, -0.05) is 6.92 Å². The summed E-state index contributed by atoms with van der Waals surface area (Å²) in [6.07, 6.45) is 0.851. The number of carbonyl (C=O) groups is 2. The van der Waals surface area contributed by atoms with Gasteiger partial charge < -0.3 is 15.3 Å². The van der Waals surface area contributed by atoms with Crippen molar-refractivity contribution in [3.05, 3.63) is 28.2 Å². The highest BCUT2D eigenvalue weighted by molar-refractivity contribution is 9.10. The zero-order valence-corrected chi connectivity index (χ0v) is 12.5. The van der Waals surface area contributed by atoms with E-state index in [2.05, 4.69) is 21.2 Å². The van der Waals surface area contributed by atoms with Crippen molar-refractivity contribution in [1.29, 1.82) is 0 Å². The number of hydrogen-bond donors (Lipinski definition) is 2. The van der Waals surface area contributed by atoms with Crippen LogP contribution in [0.1, 0.15) is 23.7 Å². The predicted molar refractivity (Wildman–Crippen MR) is 76.1 cm³/mol. The average molecular weight is 329 g/mol. The molecule has 0 saturated heterocycles.